The molecule has 0 aliphatic carbocycles. The molecule has 2 aromatic rings. The maximum Gasteiger partial charge on any atom is 0.261 e. The average molecular weight is 362 g/mol. The molecular weight excluding hydrogens is 338 g/mol. The quantitative estimate of drug-likeness (QED) is 0.713. The van der Waals surface area contributed by atoms with Gasteiger partial charge in [-0.25, -0.2) is 0 Å². The highest BCUT2D eigenvalue weighted by atomic mass is 35.5. The van der Waals surface area contributed by atoms with Gasteiger partial charge >= 0.3 is 0 Å². The summed E-state index contributed by atoms with van der Waals surface area (Å²) in [7, 11) is 0. The van der Waals surface area contributed by atoms with E-state index in [1.54, 1.807) is 24.3 Å². The summed E-state index contributed by atoms with van der Waals surface area (Å²) >= 11 is 5.85. The molecule has 1 atom stereocenters. The van der Waals surface area contributed by atoms with Crippen molar-refractivity contribution in [3.05, 3.63) is 58.6 Å². The van der Waals surface area contributed by atoms with Crippen LogP contribution in [0.25, 0.3) is 0 Å². The van der Waals surface area contributed by atoms with Crippen molar-refractivity contribution in [1.29, 1.82) is 0 Å². The van der Waals surface area contributed by atoms with Crippen LogP contribution in [0.1, 0.15) is 24.5 Å². The van der Waals surface area contributed by atoms with E-state index < -0.39 is 6.10 Å². The van der Waals surface area contributed by atoms with E-state index in [9.17, 15) is 4.79 Å². The van der Waals surface area contributed by atoms with Crippen LogP contribution in [0.2, 0.25) is 5.02 Å². The molecule has 0 aromatic heterocycles. The Morgan fingerprint density at radius 2 is 1.76 bits per heavy atom. The third-order valence-corrected chi connectivity index (χ3v) is 4.16. The highest BCUT2D eigenvalue weighted by Crippen LogP contribution is 2.18. The number of amides is 1. The normalized spacial score (nSPS) is 11.7. The molecule has 1 N–H and O–H groups in total. The third kappa shape index (κ3) is 5.98. The van der Waals surface area contributed by atoms with Gasteiger partial charge in [0.1, 0.15) is 18.1 Å². The number of hydrogen-bond donors (Lipinski definition) is 1. The lowest BCUT2D eigenvalue weighted by Crippen LogP contribution is -2.39. The molecule has 1 unspecified atom stereocenters. The summed E-state index contributed by atoms with van der Waals surface area (Å²) in [5.41, 5.74) is 2.41. The number of carbonyl (C=O) groups is 1. The Hall–Kier alpha value is -2.20. The second-order valence-corrected chi connectivity index (χ2v) is 6.29. The molecule has 25 heavy (non-hydrogen) atoms. The summed E-state index contributed by atoms with van der Waals surface area (Å²) in [4.78, 5) is 12.2. The molecule has 0 bridgehead atoms. The van der Waals surface area contributed by atoms with E-state index >= 15 is 0 Å². The zero-order chi connectivity index (χ0) is 18.2. The largest absolute Gasteiger partial charge is 0.492 e. The van der Waals surface area contributed by atoms with Gasteiger partial charge < -0.3 is 14.8 Å². The van der Waals surface area contributed by atoms with Crippen LogP contribution >= 0.6 is 11.6 Å². The van der Waals surface area contributed by atoms with Gasteiger partial charge in [0.05, 0.1) is 6.54 Å². The van der Waals surface area contributed by atoms with Crippen LogP contribution in [-0.2, 0) is 4.79 Å². The highest BCUT2D eigenvalue weighted by Gasteiger charge is 2.17. The van der Waals surface area contributed by atoms with Crippen molar-refractivity contribution in [2.45, 2.75) is 33.3 Å². The van der Waals surface area contributed by atoms with Crippen LogP contribution in [-0.4, -0.2) is 25.2 Å². The van der Waals surface area contributed by atoms with Crippen molar-refractivity contribution in [1.82, 2.24) is 5.32 Å². The predicted octanol–water partition coefficient (Wildman–Crippen LogP) is 4.31. The molecular formula is C20H24ClNO3. The van der Waals surface area contributed by atoms with Crippen LogP contribution in [0.4, 0.5) is 0 Å². The van der Waals surface area contributed by atoms with E-state index in [-0.39, 0.29) is 5.91 Å². The van der Waals surface area contributed by atoms with Gasteiger partial charge in [0, 0.05) is 5.02 Å². The van der Waals surface area contributed by atoms with Gasteiger partial charge in [-0.15, -0.1) is 0 Å². The van der Waals surface area contributed by atoms with E-state index in [4.69, 9.17) is 21.1 Å². The molecule has 0 aliphatic rings. The zero-order valence-corrected chi connectivity index (χ0v) is 15.6. The van der Waals surface area contributed by atoms with Gasteiger partial charge in [0.15, 0.2) is 6.10 Å². The van der Waals surface area contributed by atoms with E-state index in [0.717, 1.165) is 5.75 Å². The summed E-state index contributed by atoms with van der Waals surface area (Å²) in [6.07, 6.45) is 0.0368. The van der Waals surface area contributed by atoms with Crippen molar-refractivity contribution in [2.75, 3.05) is 13.2 Å². The first-order valence-electron chi connectivity index (χ1n) is 8.39. The predicted molar refractivity (Wildman–Crippen MR) is 101 cm³/mol. The minimum absolute atomic E-state index is 0.152. The van der Waals surface area contributed by atoms with E-state index in [2.05, 4.69) is 12.2 Å². The van der Waals surface area contributed by atoms with Crippen LogP contribution in [0.5, 0.6) is 11.5 Å². The molecule has 0 heterocycles. The zero-order valence-electron chi connectivity index (χ0n) is 14.8. The number of rotatable bonds is 8. The molecule has 2 rings (SSSR count). The lowest BCUT2D eigenvalue weighted by molar-refractivity contribution is -0.128. The molecule has 4 nitrogen and oxygen atoms in total. The van der Waals surface area contributed by atoms with E-state index in [1.165, 1.54) is 11.1 Å². The average Bonchev–Trinajstić information content (AvgIpc) is 2.61. The Balaban J connectivity index is 1.77. The number of halogens is 1. The van der Waals surface area contributed by atoms with Crippen molar-refractivity contribution in [2.24, 2.45) is 0 Å². The van der Waals surface area contributed by atoms with Gasteiger partial charge in [0.2, 0.25) is 0 Å². The summed E-state index contributed by atoms with van der Waals surface area (Å²) in [5, 5.41) is 3.48. The van der Waals surface area contributed by atoms with Gasteiger partial charge in [-0.3, -0.25) is 4.79 Å². The lowest BCUT2D eigenvalue weighted by Gasteiger charge is -2.17. The fourth-order valence-corrected chi connectivity index (χ4v) is 2.39. The Morgan fingerprint density at radius 3 is 2.40 bits per heavy atom. The molecule has 0 saturated carbocycles. The van der Waals surface area contributed by atoms with Gasteiger partial charge in [-0.1, -0.05) is 24.6 Å². The fourth-order valence-electron chi connectivity index (χ4n) is 2.26. The molecule has 0 saturated heterocycles. The highest BCUT2D eigenvalue weighted by molar-refractivity contribution is 6.30. The summed E-state index contributed by atoms with van der Waals surface area (Å²) in [6, 6.07) is 12.9. The molecule has 1 amide bonds. The van der Waals surface area contributed by atoms with Gasteiger partial charge in [-0.2, -0.15) is 0 Å². The van der Waals surface area contributed by atoms with Crippen molar-refractivity contribution < 1.29 is 14.3 Å². The number of ether oxygens (including phenoxy) is 2. The second kappa shape index (κ2) is 9.33. The van der Waals surface area contributed by atoms with E-state index in [1.807, 2.05) is 32.0 Å². The van der Waals surface area contributed by atoms with Crippen LogP contribution in [0.15, 0.2) is 42.5 Å². The van der Waals surface area contributed by atoms with E-state index in [0.29, 0.717) is 30.3 Å². The number of carbonyl (C=O) groups excluding carboxylic acids is 1. The molecule has 134 valence electrons. The first kappa shape index (κ1) is 19.1. The molecule has 0 radical (unpaired) electrons. The minimum Gasteiger partial charge on any atom is -0.492 e. The molecule has 0 aliphatic heterocycles. The monoisotopic (exact) mass is 361 g/mol. The molecule has 5 heteroatoms. The SMILES string of the molecule is CCC(Oc1ccc(Cl)cc1)C(=O)NCCOc1ccc(C)c(C)c1. The first-order valence-corrected chi connectivity index (χ1v) is 8.77. The Labute approximate surface area is 154 Å². The molecule has 0 spiro atoms. The van der Waals surface area contributed by atoms with Crippen molar-refractivity contribution in [3.8, 4) is 11.5 Å². The molecule has 0 fully saturated rings. The van der Waals surface area contributed by atoms with Crippen LogP contribution < -0.4 is 14.8 Å². The fraction of sp³-hybridized carbons (Fsp3) is 0.350. The summed E-state index contributed by atoms with van der Waals surface area (Å²) in [6.45, 7) is 6.85. The van der Waals surface area contributed by atoms with Crippen molar-refractivity contribution in [3.63, 3.8) is 0 Å². The van der Waals surface area contributed by atoms with Crippen molar-refractivity contribution >= 4 is 17.5 Å². The second-order valence-electron chi connectivity index (χ2n) is 5.85. The topological polar surface area (TPSA) is 47.6 Å². The standard InChI is InChI=1S/C20H24ClNO3/c1-4-19(25-17-9-6-16(21)7-10-17)20(23)22-11-12-24-18-8-5-14(2)15(3)13-18/h5-10,13,19H,4,11-12H2,1-3H3,(H,22,23). The minimum atomic E-state index is -0.539. The molecule has 2 aromatic carbocycles. The summed E-state index contributed by atoms with van der Waals surface area (Å²) in [5.74, 6) is 1.28. The van der Waals surface area contributed by atoms with Crippen LogP contribution in [0, 0.1) is 13.8 Å². The third-order valence-electron chi connectivity index (χ3n) is 3.90. The Kier molecular flexibility index (Phi) is 7.14. The Bertz CT molecular complexity index is 701. The first-order chi connectivity index (χ1) is 12.0. The van der Waals surface area contributed by atoms with Gasteiger partial charge in [-0.05, 0) is 67.8 Å². The Morgan fingerprint density at radius 1 is 1.08 bits per heavy atom. The van der Waals surface area contributed by atoms with Crippen LogP contribution in [0.3, 0.4) is 0 Å². The number of nitrogens with one attached hydrogen (secondary N) is 1. The maximum absolute atomic E-state index is 12.2. The maximum atomic E-state index is 12.2. The number of aryl methyl sites for hydroxylation is 2. The number of benzene rings is 2. The van der Waals surface area contributed by atoms with Gasteiger partial charge in [0.25, 0.3) is 5.91 Å². The lowest BCUT2D eigenvalue weighted by atomic mass is 10.1. The number of hydrogen-bond acceptors (Lipinski definition) is 3. The summed E-state index contributed by atoms with van der Waals surface area (Å²) < 4.78 is 11.4. The smallest absolute Gasteiger partial charge is 0.261 e.